The van der Waals surface area contributed by atoms with Gasteiger partial charge in [0.05, 0.1) is 12.4 Å². The Bertz CT molecular complexity index is 85.3. The van der Waals surface area contributed by atoms with Crippen molar-refractivity contribution in [3.8, 4) is 0 Å². The highest BCUT2D eigenvalue weighted by molar-refractivity contribution is 4.67. The van der Waals surface area contributed by atoms with E-state index in [4.69, 9.17) is 4.74 Å². The van der Waals surface area contributed by atoms with Crippen LogP contribution in [0.25, 0.3) is 0 Å². The summed E-state index contributed by atoms with van der Waals surface area (Å²) < 4.78 is 5.25. The molecule has 0 spiro atoms. The van der Waals surface area contributed by atoms with Crippen molar-refractivity contribution in [1.29, 1.82) is 0 Å². The second-order valence-corrected chi connectivity index (χ2v) is 2.56. The Morgan fingerprint density at radius 3 is 2.30 bits per heavy atom. The highest BCUT2D eigenvalue weighted by Gasteiger charge is 2.11. The first-order chi connectivity index (χ1) is 4.43. The van der Waals surface area contributed by atoms with E-state index in [2.05, 4.69) is 6.58 Å². The van der Waals surface area contributed by atoms with E-state index >= 15 is 0 Å². The zero-order valence-electron chi connectivity index (χ0n) is 6.25. The lowest BCUT2D eigenvalue weighted by Crippen LogP contribution is -2.13. The monoisotopic (exact) mass is 143 g/mol. The Morgan fingerprint density at radius 2 is 1.80 bits per heavy atom. The number of hydrogen-bond donors (Lipinski definition) is 1. The van der Waals surface area contributed by atoms with Crippen LogP contribution in [-0.2, 0) is 4.74 Å². The van der Waals surface area contributed by atoms with Gasteiger partial charge >= 0.3 is 0 Å². The van der Waals surface area contributed by atoms with Crippen molar-refractivity contribution in [3.05, 3.63) is 12.8 Å². The first kappa shape index (κ1) is 9.50. The number of rotatable bonds is 2. The summed E-state index contributed by atoms with van der Waals surface area (Å²) in [5.41, 5.74) is 0. The summed E-state index contributed by atoms with van der Waals surface area (Å²) >= 11 is 0. The third-order valence-electron chi connectivity index (χ3n) is 1.84. The molecule has 1 aliphatic carbocycles. The molecule has 0 heterocycles. The molecule has 0 unspecified atom stereocenters. The molecule has 0 amide bonds. The molecular weight excluding hydrogens is 128 g/mol. The van der Waals surface area contributed by atoms with Gasteiger partial charge in [-0.05, 0) is 25.7 Å². The number of ether oxygens (including phenoxy) is 1. The van der Waals surface area contributed by atoms with Crippen LogP contribution in [0.4, 0.5) is 0 Å². The van der Waals surface area contributed by atoms with Gasteiger partial charge in [-0.15, -0.1) is 0 Å². The van der Waals surface area contributed by atoms with E-state index in [0.717, 1.165) is 0 Å². The van der Waals surface area contributed by atoms with Gasteiger partial charge in [0.2, 0.25) is 0 Å². The third kappa shape index (κ3) is 2.87. The van der Waals surface area contributed by atoms with Crippen molar-refractivity contribution in [1.82, 2.24) is 0 Å². The van der Waals surface area contributed by atoms with Gasteiger partial charge in [0.15, 0.2) is 0 Å². The molecule has 0 bridgehead atoms. The maximum Gasteiger partial charge on any atom is 0.0978 e. The quantitative estimate of drug-likeness (QED) is 0.592. The van der Waals surface area contributed by atoms with Crippen LogP contribution < -0.4 is 0 Å². The van der Waals surface area contributed by atoms with Crippen LogP contribution in [0.2, 0.25) is 0 Å². The average molecular weight is 143 g/mol. The molecule has 0 aromatic rings. The molecule has 1 fully saturated rings. The summed E-state index contributed by atoms with van der Waals surface area (Å²) in [6, 6.07) is 0. The van der Waals surface area contributed by atoms with Gasteiger partial charge in [0.1, 0.15) is 0 Å². The maximum atomic E-state index is 5.25. The second-order valence-electron chi connectivity index (χ2n) is 2.56. The zero-order valence-corrected chi connectivity index (χ0v) is 6.25. The minimum Gasteiger partial charge on any atom is -0.499 e. The molecule has 10 heavy (non-hydrogen) atoms. The van der Waals surface area contributed by atoms with Gasteiger partial charge < -0.3 is 4.74 Å². The minimum absolute atomic E-state index is 0. The van der Waals surface area contributed by atoms with Gasteiger partial charge in [-0.1, -0.05) is 13.0 Å². The van der Waals surface area contributed by atoms with Crippen LogP contribution in [0, 0.1) is 0 Å². The van der Waals surface area contributed by atoms with E-state index in [1.165, 1.54) is 32.1 Å². The van der Waals surface area contributed by atoms with Gasteiger partial charge in [-0.25, -0.2) is 0 Å². The predicted octanol–water partition coefficient (Wildman–Crippen LogP) is 2.30. The predicted molar refractivity (Wildman–Crippen MR) is 40.1 cm³/mol. The van der Waals surface area contributed by atoms with E-state index in [-0.39, 0.29) is 5.48 Å². The first-order valence-corrected chi connectivity index (χ1v) is 3.70. The van der Waals surface area contributed by atoms with Crippen molar-refractivity contribution in [2.45, 2.75) is 38.2 Å². The van der Waals surface area contributed by atoms with Gasteiger partial charge in [-0.2, -0.15) is 0 Å². The van der Waals surface area contributed by atoms with Crippen molar-refractivity contribution in [2.24, 2.45) is 0 Å². The van der Waals surface area contributed by atoms with Crippen molar-refractivity contribution in [2.75, 3.05) is 0 Å². The van der Waals surface area contributed by atoms with Crippen LogP contribution in [0.15, 0.2) is 12.8 Å². The van der Waals surface area contributed by atoms with E-state index < -0.39 is 0 Å². The van der Waals surface area contributed by atoms with Crippen molar-refractivity contribution >= 4 is 0 Å². The van der Waals surface area contributed by atoms with Gasteiger partial charge in [0, 0.05) is 0 Å². The molecule has 0 aromatic heterocycles. The zero-order chi connectivity index (χ0) is 6.53. The molecule has 1 saturated carbocycles. The lowest BCUT2D eigenvalue weighted by molar-refractivity contribution is 0.107. The number of hydrogen-bond acceptors (Lipinski definition) is 1. The van der Waals surface area contributed by atoms with Crippen LogP contribution in [-0.4, -0.2) is 11.6 Å². The minimum atomic E-state index is 0. The highest BCUT2D eigenvalue weighted by atomic mass is 16.5. The molecule has 0 aliphatic heterocycles. The van der Waals surface area contributed by atoms with Crippen LogP contribution in [0.3, 0.4) is 0 Å². The summed E-state index contributed by atoms with van der Waals surface area (Å²) in [6.45, 7) is 3.53. The Labute approximate surface area is 62.2 Å². The topological polar surface area (TPSA) is 39.2 Å². The first-order valence-electron chi connectivity index (χ1n) is 3.70. The fourth-order valence-electron chi connectivity index (χ4n) is 1.34. The Hall–Kier alpha value is -0.500. The largest absolute Gasteiger partial charge is 0.499 e. The van der Waals surface area contributed by atoms with Crippen molar-refractivity contribution < 1.29 is 10.2 Å². The molecule has 2 heteroatoms. The molecule has 1 aliphatic rings. The maximum absolute atomic E-state index is 5.25. The molecule has 2 nitrogen and oxygen atoms in total. The Morgan fingerprint density at radius 1 is 1.20 bits per heavy atom. The molecule has 0 atom stereocenters. The summed E-state index contributed by atoms with van der Waals surface area (Å²) in [4.78, 5) is 0. The van der Waals surface area contributed by atoms with Crippen LogP contribution >= 0.6 is 0 Å². The molecule has 0 aromatic carbocycles. The highest BCUT2D eigenvalue weighted by Crippen LogP contribution is 2.19. The molecule has 0 saturated heterocycles. The third-order valence-corrected chi connectivity index (χ3v) is 1.84. The fourth-order valence-corrected chi connectivity index (χ4v) is 1.34. The van der Waals surface area contributed by atoms with Crippen LogP contribution in [0.5, 0.6) is 0 Å². The molecule has 1 N–H and O–H groups in total. The lowest BCUT2D eigenvalue weighted by atomic mass is 9.98. The fraction of sp³-hybridized carbons (Fsp3) is 0.750. The lowest BCUT2D eigenvalue weighted by Gasteiger charge is -2.20. The smallest absolute Gasteiger partial charge is 0.0978 e. The van der Waals surface area contributed by atoms with E-state index in [1.807, 2.05) is 0 Å². The summed E-state index contributed by atoms with van der Waals surface area (Å²) in [5, 5.41) is 0. The van der Waals surface area contributed by atoms with E-state index in [0.29, 0.717) is 6.10 Å². The summed E-state index contributed by atoms with van der Waals surface area (Å²) in [6.07, 6.45) is 8.55. The second kappa shape index (κ2) is 5.30. The summed E-state index contributed by atoms with van der Waals surface area (Å²) in [5.74, 6) is 0. The average Bonchev–Trinajstić information content (AvgIpc) is 1.91. The molecule has 1 radical (unpaired) electrons. The van der Waals surface area contributed by atoms with E-state index in [9.17, 15) is 0 Å². The van der Waals surface area contributed by atoms with Gasteiger partial charge in [-0.3, -0.25) is 5.48 Å². The normalized spacial score (nSPS) is 19.2. The molecule has 1 rings (SSSR count). The van der Waals surface area contributed by atoms with Crippen molar-refractivity contribution in [3.63, 3.8) is 0 Å². The van der Waals surface area contributed by atoms with Crippen LogP contribution in [0.1, 0.15) is 32.1 Å². The standard InChI is InChI=1S/C8H14O.HO/c1-2-9-8-6-4-3-5-7-8;/h2,8H,1,3-7H2;1H. The summed E-state index contributed by atoms with van der Waals surface area (Å²) in [7, 11) is 0. The Kier molecular flexibility index (Phi) is 5.03. The molecule has 59 valence electrons. The van der Waals surface area contributed by atoms with E-state index in [1.54, 1.807) is 6.26 Å². The Balaban J connectivity index is 0.000000810. The SMILES string of the molecule is C=COC1CCCCC1.[OH]. The van der Waals surface area contributed by atoms with Gasteiger partial charge in [0.25, 0.3) is 0 Å². The molecular formula is C8H15O2.